The van der Waals surface area contributed by atoms with Crippen molar-refractivity contribution >= 4 is 23.2 Å². The SMILES string of the molecule is CN(C)C(=O)NCC(C)(C)C(N)=S. The van der Waals surface area contributed by atoms with E-state index in [0.29, 0.717) is 11.5 Å². The van der Waals surface area contributed by atoms with Crippen LogP contribution in [0.25, 0.3) is 0 Å². The van der Waals surface area contributed by atoms with Crippen molar-refractivity contribution in [1.82, 2.24) is 10.2 Å². The zero-order valence-corrected chi connectivity index (χ0v) is 9.36. The Kier molecular flexibility index (Phi) is 4.13. The van der Waals surface area contributed by atoms with Gasteiger partial charge in [0.25, 0.3) is 0 Å². The molecule has 0 bridgehead atoms. The van der Waals surface area contributed by atoms with Gasteiger partial charge in [-0.3, -0.25) is 0 Å². The lowest BCUT2D eigenvalue weighted by Crippen LogP contribution is -2.44. The highest BCUT2D eigenvalue weighted by atomic mass is 32.1. The molecule has 0 aromatic carbocycles. The number of hydrogen-bond donors (Lipinski definition) is 2. The quantitative estimate of drug-likeness (QED) is 0.659. The molecular weight excluding hydrogens is 186 g/mol. The molecule has 0 unspecified atom stereocenters. The van der Waals surface area contributed by atoms with Crippen molar-refractivity contribution in [3.8, 4) is 0 Å². The third-order valence-electron chi connectivity index (χ3n) is 1.75. The van der Waals surface area contributed by atoms with Gasteiger partial charge in [0.2, 0.25) is 0 Å². The first-order valence-electron chi connectivity index (χ1n) is 4.02. The summed E-state index contributed by atoms with van der Waals surface area (Å²) in [7, 11) is 3.37. The van der Waals surface area contributed by atoms with Gasteiger partial charge in [0.05, 0.1) is 4.99 Å². The fourth-order valence-corrected chi connectivity index (χ4v) is 0.614. The largest absolute Gasteiger partial charge is 0.393 e. The topological polar surface area (TPSA) is 58.4 Å². The van der Waals surface area contributed by atoms with Crippen LogP contribution in [0.4, 0.5) is 4.79 Å². The average molecular weight is 203 g/mol. The smallest absolute Gasteiger partial charge is 0.316 e. The fourth-order valence-electron chi connectivity index (χ4n) is 0.542. The third kappa shape index (κ3) is 4.07. The third-order valence-corrected chi connectivity index (χ3v) is 2.31. The Bertz CT molecular complexity index is 213. The maximum atomic E-state index is 11.1. The number of nitrogens with one attached hydrogen (secondary N) is 1. The first-order valence-corrected chi connectivity index (χ1v) is 4.43. The molecule has 0 saturated heterocycles. The summed E-state index contributed by atoms with van der Waals surface area (Å²) in [5.74, 6) is 0. The highest BCUT2D eigenvalue weighted by Gasteiger charge is 2.22. The maximum absolute atomic E-state index is 11.1. The van der Waals surface area contributed by atoms with Crippen LogP contribution in [0.5, 0.6) is 0 Å². The summed E-state index contributed by atoms with van der Waals surface area (Å²) in [5, 5.41) is 2.72. The van der Waals surface area contributed by atoms with Crippen molar-refractivity contribution in [2.75, 3.05) is 20.6 Å². The molecule has 3 N–H and O–H groups in total. The van der Waals surface area contributed by atoms with Gasteiger partial charge < -0.3 is 16.0 Å². The molecule has 0 radical (unpaired) electrons. The van der Waals surface area contributed by atoms with Crippen molar-refractivity contribution < 1.29 is 4.79 Å². The van der Waals surface area contributed by atoms with Gasteiger partial charge in [-0.25, -0.2) is 4.79 Å². The molecule has 0 rings (SSSR count). The second-order valence-corrected chi connectivity index (χ2v) is 4.24. The first-order chi connectivity index (χ1) is 5.77. The Morgan fingerprint density at radius 1 is 1.54 bits per heavy atom. The van der Waals surface area contributed by atoms with Crippen LogP contribution in [-0.4, -0.2) is 36.6 Å². The molecule has 0 saturated carbocycles. The van der Waals surface area contributed by atoms with E-state index in [0.717, 1.165) is 0 Å². The van der Waals surface area contributed by atoms with Crippen molar-refractivity contribution in [2.45, 2.75) is 13.8 Å². The molecular formula is C8H17N3OS. The van der Waals surface area contributed by atoms with Gasteiger partial charge in [-0.15, -0.1) is 0 Å². The Balaban J connectivity index is 4.03. The van der Waals surface area contributed by atoms with Gasteiger partial charge in [-0.1, -0.05) is 26.1 Å². The molecule has 0 atom stereocenters. The number of thiocarbonyl (C=S) groups is 1. The summed E-state index contributed by atoms with van der Waals surface area (Å²) < 4.78 is 0. The van der Waals surface area contributed by atoms with E-state index >= 15 is 0 Å². The first kappa shape index (κ1) is 12.2. The van der Waals surface area contributed by atoms with Gasteiger partial charge >= 0.3 is 6.03 Å². The molecule has 0 aliphatic rings. The number of rotatable bonds is 3. The number of amides is 2. The van der Waals surface area contributed by atoms with Crippen LogP contribution in [0.2, 0.25) is 0 Å². The fraction of sp³-hybridized carbons (Fsp3) is 0.750. The predicted molar refractivity (Wildman–Crippen MR) is 57.7 cm³/mol. The van der Waals surface area contributed by atoms with E-state index in [2.05, 4.69) is 5.32 Å². The molecule has 0 fully saturated rings. The monoisotopic (exact) mass is 203 g/mol. The average Bonchev–Trinajstić information content (AvgIpc) is 1.99. The van der Waals surface area contributed by atoms with Gasteiger partial charge in [0.1, 0.15) is 0 Å². The van der Waals surface area contributed by atoms with Crippen LogP contribution in [0.15, 0.2) is 0 Å². The normalized spacial score (nSPS) is 10.8. The van der Waals surface area contributed by atoms with E-state index in [1.165, 1.54) is 4.90 Å². The van der Waals surface area contributed by atoms with Crippen LogP contribution in [0, 0.1) is 5.41 Å². The van der Waals surface area contributed by atoms with Gasteiger partial charge in [-0.05, 0) is 0 Å². The second-order valence-electron chi connectivity index (χ2n) is 3.80. The van der Waals surface area contributed by atoms with Crippen LogP contribution in [-0.2, 0) is 0 Å². The Morgan fingerprint density at radius 3 is 2.31 bits per heavy atom. The Hall–Kier alpha value is -0.840. The summed E-state index contributed by atoms with van der Waals surface area (Å²) >= 11 is 4.86. The van der Waals surface area contributed by atoms with Crippen LogP contribution >= 0.6 is 12.2 Å². The van der Waals surface area contributed by atoms with E-state index in [1.54, 1.807) is 14.1 Å². The van der Waals surface area contributed by atoms with E-state index in [4.69, 9.17) is 18.0 Å². The van der Waals surface area contributed by atoms with Crippen LogP contribution in [0.1, 0.15) is 13.8 Å². The minimum atomic E-state index is -0.332. The standard InChI is InChI=1S/C8H17N3OS/c1-8(2,6(9)13)5-10-7(12)11(3)4/h5H2,1-4H3,(H2,9,13)(H,10,12). The summed E-state index contributed by atoms with van der Waals surface area (Å²) in [5.41, 5.74) is 5.17. The molecule has 0 spiro atoms. The number of carbonyl (C=O) groups excluding carboxylic acids is 1. The van der Waals surface area contributed by atoms with E-state index in [-0.39, 0.29) is 11.4 Å². The van der Waals surface area contributed by atoms with E-state index < -0.39 is 0 Å². The van der Waals surface area contributed by atoms with Crippen molar-refractivity contribution in [2.24, 2.45) is 11.1 Å². The molecule has 0 aliphatic heterocycles. The van der Waals surface area contributed by atoms with Crippen LogP contribution < -0.4 is 11.1 Å². The lowest BCUT2D eigenvalue weighted by Gasteiger charge is -2.24. The van der Waals surface area contributed by atoms with E-state index in [9.17, 15) is 4.79 Å². The number of hydrogen-bond acceptors (Lipinski definition) is 2. The molecule has 76 valence electrons. The minimum Gasteiger partial charge on any atom is -0.393 e. The van der Waals surface area contributed by atoms with Gasteiger partial charge in [0.15, 0.2) is 0 Å². The maximum Gasteiger partial charge on any atom is 0.316 e. The lowest BCUT2D eigenvalue weighted by molar-refractivity contribution is 0.214. The van der Waals surface area contributed by atoms with Crippen LogP contribution in [0.3, 0.4) is 0 Å². The molecule has 0 heterocycles. The lowest BCUT2D eigenvalue weighted by atomic mass is 9.94. The summed E-state index contributed by atoms with van der Waals surface area (Å²) in [6.07, 6.45) is 0. The highest BCUT2D eigenvalue weighted by molar-refractivity contribution is 7.80. The highest BCUT2D eigenvalue weighted by Crippen LogP contribution is 2.13. The van der Waals surface area contributed by atoms with Gasteiger partial charge in [-0.2, -0.15) is 0 Å². The van der Waals surface area contributed by atoms with Crippen molar-refractivity contribution in [3.63, 3.8) is 0 Å². The molecule has 2 amide bonds. The number of nitrogens with two attached hydrogens (primary N) is 1. The summed E-state index contributed by atoms with van der Waals surface area (Å²) in [6, 6.07) is -0.135. The van der Waals surface area contributed by atoms with Crippen molar-refractivity contribution in [1.29, 1.82) is 0 Å². The molecule has 4 nitrogen and oxygen atoms in total. The predicted octanol–water partition coefficient (Wildman–Crippen LogP) is 0.570. The Labute approximate surface area is 84.5 Å². The van der Waals surface area contributed by atoms with Crippen molar-refractivity contribution in [3.05, 3.63) is 0 Å². The molecule has 13 heavy (non-hydrogen) atoms. The number of carbonyl (C=O) groups is 1. The summed E-state index contributed by atoms with van der Waals surface area (Å²) in [4.78, 5) is 13.0. The molecule has 0 aromatic rings. The number of urea groups is 1. The minimum absolute atomic E-state index is 0.135. The van der Waals surface area contributed by atoms with Gasteiger partial charge in [0, 0.05) is 26.1 Å². The number of nitrogens with zero attached hydrogens (tertiary/aromatic N) is 1. The second kappa shape index (κ2) is 4.41. The van der Waals surface area contributed by atoms with E-state index in [1.807, 2.05) is 13.8 Å². The molecule has 0 aliphatic carbocycles. The molecule has 0 aromatic heterocycles. The Morgan fingerprint density at radius 2 is 2.00 bits per heavy atom. The zero-order valence-electron chi connectivity index (χ0n) is 8.55. The molecule has 5 heteroatoms. The zero-order chi connectivity index (χ0) is 10.6. The summed E-state index contributed by atoms with van der Waals surface area (Å²) in [6.45, 7) is 4.25.